The highest BCUT2D eigenvalue weighted by Gasteiger charge is 2.22. The molecule has 0 aliphatic heterocycles. The Bertz CT molecular complexity index is 1280. The first-order valence-corrected chi connectivity index (χ1v) is 13.2. The number of carbonyl (C=O) groups is 2. The van der Waals surface area contributed by atoms with E-state index in [0.717, 1.165) is 42.6 Å². The van der Waals surface area contributed by atoms with Gasteiger partial charge in [0.1, 0.15) is 6.04 Å². The lowest BCUT2D eigenvalue weighted by Crippen LogP contribution is -2.47. The van der Waals surface area contributed by atoms with Crippen molar-refractivity contribution in [1.82, 2.24) is 16.0 Å². The first kappa shape index (κ1) is 26.8. The van der Waals surface area contributed by atoms with E-state index < -0.39 is 6.04 Å². The molecule has 0 aliphatic carbocycles. The summed E-state index contributed by atoms with van der Waals surface area (Å²) < 4.78 is 0. The second-order valence-electron chi connectivity index (χ2n) is 9.27. The number of hydrogen-bond acceptors (Lipinski definition) is 3. The van der Waals surface area contributed by atoms with E-state index in [-0.39, 0.29) is 11.8 Å². The molecule has 3 N–H and O–H groups in total. The molecule has 0 radical (unpaired) electrons. The Balaban J connectivity index is 1.38. The molecule has 0 unspecified atom stereocenters. The van der Waals surface area contributed by atoms with E-state index in [1.807, 2.05) is 103 Å². The van der Waals surface area contributed by atoms with E-state index in [2.05, 4.69) is 28.1 Å². The topological polar surface area (TPSA) is 70.2 Å². The molecule has 0 saturated heterocycles. The average Bonchev–Trinajstić information content (AvgIpc) is 2.98. The predicted octanol–water partition coefficient (Wildman–Crippen LogP) is 5.38. The van der Waals surface area contributed by atoms with Crippen molar-refractivity contribution < 1.29 is 9.59 Å². The fourth-order valence-corrected chi connectivity index (χ4v) is 4.41. The zero-order valence-electron chi connectivity index (χ0n) is 21.6. The normalized spacial score (nSPS) is 11.5. The third-order valence-electron chi connectivity index (χ3n) is 6.45. The van der Waals surface area contributed by atoms with Crippen LogP contribution in [-0.2, 0) is 17.8 Å². The monoisotopic (exact) mass is 505 g/mol. The van der Waals surface area contributed by atoms with Gasteiger partial charge in [-0.25, -0.2) is 0 Å². The number of rotatable bonds is 13. The number of nitrogens with one attached hydrogen (secondary N) is 3. The molecule has 0 aromatic heterocycles. The van der Waals surface area contributed by atoms with Gasteiger partial charge in [0.2, 0.25) is 5.91 Å². The van der Waals surface area contributed by atoms with Crippen molar-refractivity contribution in [2.45, 2.75) is 31.8 Å². The van der Waals surface area contributed by atoms with E-state index in [4.69, 9.17) is 0 Å². The summed E-state index contributed by atoms with van der Waals surface area (Å²) in [5.41, 5.74) is 4.75. The van der Waals surface area contributed by atoms with Crippen molar-refractivity contribution in [3.63, 3.8) is 0 Å². The molecule has 0 saturated carbocycles. The van der Waals surface area contributed by atoms with Gasteiger partial charge in [0.15, 0.2) is 0 Å². The predicted molar refractivity (Wildman–Crippen MR) is 154 cm³/mol. The van der Waals surface area contributed by atoms with Crippen LogP contribution >= 0.6 is 0 Å². The summed E-state index contributed by atoms with van der Waals surface area (Å²) in [7, 11) is 0. The maximum Gasteiger partial charge on any atom is 0.252 e. The molecule has 5 heteroatoms. The fraction of sp³-hybridized carbons (Fsp3) is 0.212. The fourth-order valence-electron chi connectivity index (χ4n) is 4.41. The Kier molecular flexibility index (Phi) is 10.2. The Labute approximate surface area is 225 Å². The van der Waals surface area contributed by atoms with E-state index >= 15 is 0 Å². The minimum absolute atomic E-state index is 0.158. The second kappa shape index (κ2) is 14.5. The van der Waals surface area contributed by atoms with Gasteiger partial charge < -0.3 is 16.0 Å². The van der Waals surface area contributed by atoms with Crippen molar-refractivity contribution >= 4 is 11.8 Å². The summed E-state index contributed by atoms with van der Waals surface area (Å²) in [6, 6.07) is 37.0. The molecule has 4 rings (SSSR count). The van der Waals surface area contributed by atoms with E-state index in [9.17, 15) is 9.59 Å². The van der Waals surface area contributed by atoms with Gasteiger partial charge in [0.25, 0.3) is 5.91 Å². The molecule has 1 atom stereocenters. The van der Waals surface area contributed by atoms with Crippen LogP contribution in [0, 0.1) is 0 Å². The molecule has 5 nitrogen and oxygen atoms in total. The van der Waals surface area contributed by atoms with Crippen LogP contribution in [0.1, 0.15) is 34.3 Å². The van der Waals surface area contributed by atoms with Gasteiger partial charge in [-0.15, -0.1) is 0 Å². The lowest BCUT2D eigenvalue weighted by Gasteiger charge is -2.20. The van der Waals surface area contributed by atoms with Crippen molar-refractivity contribution in [2.75, 3.05) is 13.1 Å². The third-order valence-corrected chi connectivity index (χ3v) is 6.45. The third kappa shape index (κ3) is 8.15. The van der Waals surface area contributed by atoms with Crippen LogP contribution in [0.2, 0.25) is 0 Å². The molecule has 0 spiro atoms. The Hall–Kier alpha value is -4.22. The average molecular weight is 506 g/mol. The summed E-state index contributed by atoms with van der Waals surface area (Å²) in [6.45, 7) is 2.03. The molecule has 194 valence electrons. The number of hydrogen-bond donors (Lipinski definition) is 3. The van der Waals surface area contributed by atoms with Gasteiger partial charge >= 0.3 is 0 Å². The van der Waals surface area contributed by atoms with Crippen molar-refractivity contribution in [3.8, 4) is 11.1 Å². The molecular weight excluding hydrogens is 470 g/mol. The van der Waals surface area contributed by atoms with Crippen LogP contribution in [0.15, 0.2) is 115 Å². The van der Waals surface area contributed by atoms with Crippen LogP contribution in [0.5, 0.6) is 0 Å². The largest absolute Gasteiger partial charge is 0.354 e. The quantitative estimate of drug-likeness (QED) is 0.214. The van der Waals surface area contributed by atoms with Crippen LogP contribution in [0.4, 0.5) is 0 Å². The van der Waals surface area contributed by atoms with Gasteiger partial charge in [-0.05, 0) is 54.1 Å². The first-order valence-electron chi connectivity index (χ1n) is 13.2. The number of amides is 2. The van der Waals surface area contributed by atoms with Gasteiger partial charge in [0, 0.05) is 18.7 Å². The number of benzene rings is 4. The SMILES string of the molecule is O=C(N[C@H](CCCNCc1ccccc1)C(=O)NCCc1ccccc1)c1ccccc1-c1ccccc1. The van der Waals surface area contributed by atoms with Crippen molar-refractivity contribution in [3.05, 3.63) is 132 Å². The van der Waals surface area contributed by atoms with Crippen LogP contribution < -0.4 is 16.0 Å². The summed E-state index contributed by atoms with van der Waals surface area (Å²) in [4.78, 5) is 26.6. The standard InChI is InChI=1S/C33H35N3O2/c37-32(30-20-11-10-19-29(30)28-17-8-3-9-18-28)36-31(21-12-23-34-25-27-15-6-2-7-16-27)33(38)35-24-22-26-13-4-1-5-14-26/h1-11,13-20,31,34H,12,21-25H2,(H,35,38)(H,36,37)/t31-/m1/s1. The zero-order valence-corrected chi connectivity index (χ0v) is 21.6. The van der Waals surface area contributed by atoms with Crippen molar-refractivity contribution in [2.24, 2.45) is 0 Å². The van der Waals surface area contributed by atoms with Gasteiger partial charge in [0.05, 0.1) is 0 Å². The minimum atomic E-state index is -0.624. The summed E-state index contributed by atoms with van der Waals surface area (Å²) in [5, 5.41) is 9.48. The van der Waals surface area contributed by atoms with E-state index in [1.54, 1.807) is 0 Å². The molecule has 0 heterocycles. The molecular formula is C33H35N3O2. The molecule has 0 bridgehead atoms. The molecule has 38 heavy (non-hydrogen) atoms. The maximum atomic E-state index is 13.4. The molecule has 2 amide bonds. The molecule has 4 aromatic carbocycles. The zero-order chi connectivity index (χ0) is 26.4. The lowest BCUT2D eigenvalue weighted by atomic mass is 9.98. The second-order valence-corrected chi connectivity index (χ2v) is 9.27. The molecule has 0 aliphatic rings. The van der Waals surface area contributed by atoms with E-state index in [0.29, 0.717) is 18.5 Å². The van der Waals surface area contributed by atoms with Crippen LogP contribution in [-0.4, -0.2) is 30.9 Å². The Morgan fingerprint density at radius 2 is 1.26 bits per heavy atom. The minimum Gasteiger partial charge on any atom is -0.354 e. The smallest absolute Gasteiger partial charge is 0.252 e. The number of carbonyl (C=O) groups excluding carboxylic acids is 2. The summed E-state index contributed by atoms with van der Waals surface area (Å²) in [6.07, 6.45) is 2.03. The highest BCUT2D eigenvalue weighted by molar-refractivity contribution is 6.02. The highest BCUT2D eigenvalue weighted by Crippen LogP contribution is 2.23. The maximum absolute atomic E-state index is 13.4. The highest BCUT2D eigenvalue weighted by atomic mass is 16.2. The van der Waals surface area contributed by atoms with Crippen LogP contribution in [0.25, 0.3) is 11.1 Å². The summed E-state index contributed by atoms with van der Waals surface area (Å²) >= 11 is 0. The van der Waals surface area contributed by atoms with Gasteiger partial charge in [-0.2, -0.15) is 0 Å². The first-order chi connectivity index (χ1) is 18.7. The van der Waals surface area contributed by atoms with Crippen molar-refractivity contribution in [1.29, 1.82) is 0 Å². The van der Waals surface area contributed by atoms with Gasteiger partial charge in [-0.3, -0.25) is 9.59 Å². The van der Waals surface area contributed by atoms with Crippen LogP contribution in [0.3, 0.4) is 0 Å². The van der Waals surface area contributed by atoms with E-state index in [1.165, 1.54) is 5.56 Å². The lowest BCUT2D eigenvalue weighted by molar-refractivity contribution is -0.123. The molecule has 4 aromatic rings. The Morgan fingerprint density at radius 1 is 0.658 bits per heavy atom. The van der Waals surface area contributed by atoms with Gasteiger partial charge in [-0.1, -0.05) is 109 Å². The Morgan fingerprint density at radius 3 is 1.97 bits per heavy atom. The molecule has 0 fully saturated rings. The summed E-state index contributed by atoms with van der Waals surface area (Å²) in [5.74, 6) is -0.403.